The monoisotopic (exact) mass is 334 g/mol. The maximum absolute atomic E-state index is 12.5. The van der Waals surface area contributed by atoms with Gasteiger partial charge in [0, 0.05) is 18.2 Å². The van der Waals surface area contributed by atoms with Gasteiger partial charge in [0.15, 0.2) is 0 Å². The van der Waals surface area contributed by atoms with Gasteiger partial charge in [0.05, 0.1) is 5.56 Å². The van der Waals surface area contributed by atoms with Gasteiger partial charge in [-0.2, -0.15) is 5.26 Å². The van der Waals surface area contributed by atoms with Gasteiger partial charge < -0.3 is 10.2 Å². The highest BCUT2D eigenvalue weighted by atomic mass is 16.1. The summed E-state index contributed by atoms with van der Waals surface area (Å²) in [4.78, 5) is 18.8. The van der Waals surface area contributed by atoms with Crippen molar-refractivity contribution in [1.29, 1.82) is 5.26 Å². The van der Waals surface area contributed by atoms with Crippen molar-refractivity contribution in [3.05, 3.63) is 65.5 Å². The standard InChI is InChI=1S/C20H22N4O/c1-24-11-9-20(10-12-24,17-5-3-2-4-6-17)15-23-19(25)16-7-8-18(13-21)22-14-16/h2-8,14H,9-12,15H2,1H3,(H,23,25). The molecule has 0 saturated carbocycles. The topological polar surface area (TPSA) is 69.0 Å². The summed E-state index contributed by atoms with van der Waals surface area (Å²) in [6, 6.07) is 15.6. The second-order valence-electron chi connectivity index (χ2n) is 6.68. The number of hydrogen-bond donors (Lipinski definition) is 1. The van der Waals surface area contributed by atoms with E-state index in [9.17, 15) is 4.79 Å². The lowest BCUT2D eigenvalue weighted by Crippen LogP contribution is -2.48. The molecule has 0 unspecified atom stereocenters. The van der Waals surface area contributed by atoms with E-state index in [2.05, 4.69) is 46.5 Å². The number of amides is 1. The molecule has 128 valence electrons. The number of nitrogens with one attached hydrogen (secondary N) is 1. The lowest BCUT2D eigenvalue weighted by molar-refractivity contribution is 0.0927. The summed E-state index contributed by atoms with van der Waals surface area (Å²) in [5.41, 5.74) is 2.04. The molecule has 0 bridgehead atoms. The Morgan fingerprint density at radius 2 is 1.96 bits per heavy atom. The minimum atomic E-state index is -0.147. The summed E-state index contributed by atoms with van der Waals surface area (Å²) in [6.07, 6.45) is 3.48. The minimum absolute atomic E-state index is 0.0382. The van der Waals surface area contributed by atoms with Crippen LogP contribution >= 0.6 is 0 Å². The lowest BCUT2D eigenvalue weighted by Gasteiger charge is -2.41. The summed E-state index contributed by atoms with van der Waals surface area (Å²) in [5.74, 6) is -0.147. The Labute approximate surface area is 148 Å². The maximum atomic E-state index is 12.5. The van der Waals surface area contributed by atoms with E-state index in [1.165, 1.54) is 11.8 Å². The van der Waals surface area contributed by atoms with Crippen molar-refractivity contribution >= 4 is 5.91 Å². The van der Waals surface area contributed by atoms with Gasteiger partial charge in [-0.05, 0) is 50.7 Å². The Morgan fingerprint density at radius 3 is 2.56 bits per heavy atom. The fourth-order valence-corrected chi connectivity index (χ4v) is 3.35. The molecule has 3 rings (SSSR count). The van der Waals surface area contributed by atoms with Gasteiger partial charge >= 0.3 is 0 Å². The number of nitriles is 1. The molecule has 2 aromatic rings. The maximum Gasteiger partial charge on any atom is 0.252 e. The molecule has 5 heteroatoms. The molecule has 1 aromatic carbocycles. The van der Waals surface area contributed by atoms with Crippen molar-refractivity contribution in [3.63, 3.8) is 0 Å². The molecule has 1 aliphatic rings. The molecule has 1 N–H and O–H groups in total. The van der Waals surface area contributed by atoms with Crippen LogP contribution in [-0.4, -0.2) is 42.5 Å². The first-order chi connectivity index (χ1) is 12.1. The number of piperidine rings is 1. The summed E-state index contributed by atoms with van der Waals surface area (Å²) in [7, 11) is 2.13. The molecule has 1 amide bonds. The van der Waals surface area contributed by atoms with Crippen molar-refractivity contribution < 1.29 is 4.79 Å². The molecule has 1 aliphatic heterocycles. The fraction of sp³-hybridized carbons (Fsp3) is 0.350. The van der Waals surface area contributed by atoms with Crippen LogP contribution in [0, 0.1) is 11.3 Å². The highest BCUT2D eigenvalue weighted by molar-refractivity contribution is 5.93. The van der Waals surface area contributed by atoms with Crippen molar-refractivity contribution in [2.75, 3.05) is 26.7 Å². The Morgan fingerprint density at radius 1 is 1.24 bits per heavy atom. The molecule has 1 saturated heterocycles. The van der Waals surface area contributed by atoms with Crippen molar-refractivity contribution in [2.24, 2.45) is 0 Å². The zero-order valence-electron chi connectivity index (χ0n) is 14.4. The van der Waals surface area contributed by atoms with Gasteiger partial charge in [0.25, 0.3) is 5.91 Å². The van der Waals surface area contributed by atoms with Crippen LogP contribution in [0.3, 0.4) is 0 Å². The molecule has 1 aromatic heterocycles. The first-order valence-electron chi connectivity index (χ1n) is 8.51. The van der Waals surface area contributed by atoms with Crippen LogP contribution in [0.1, 0.15) is 34.5 Å². The number of carbonyl (C=O) groups excluding carboxylic acids is 1. The molecule has 0 aliphatic carbocycles. The predicted octanol–water partition coefficient (Wildman–Crippen LogP) is 2.35. The van der Waals surface area contributed by atoms with Gasteiger partial charge in [-0.1, -0.05) is 30.3 Å². The van der Waals surface area contributed by atoms with E-state index < -0.39 is 0 Å². The van der Waals surface area contributed by atoms with Crippen LogP contribution in [-0.2, 0) is 5.41 Å². The fourth-order valence-electron chi connectivity index (χ4n) is 3.35. The molecule has 0 spiro atoms. The lowest BCUT2D eigenvalue weighted by atomic mass is 9.72. The van der Waals surface area contributed by atoms with E-state index in [4.69, 9.17) is 5.26 Å². The zero-order valence-corrected chi connectivity index (χ0v) is 14.4. The van der Waals surface area contributed by atoms with Crippen LogP contribution in [0.2, 0.25) is 0 Å². The second-order valence-corrected chi connectivity index (χ2v) is 6.68. The van der Waals surface area contributed by atoms with Crippen LogP contribution in [0.15, 0.2) is 48.7 Å². The van der Waals surface area contributed by atoms with Gasteiger partial charge in [-0.15, -0.1) is 0 Å². The SMILES string of the molecule is CN1CCC(CNC(=O)c2ccc(C#N)nc2)(c2ccccc2)CC1. The van der Waals surface area contributed by atoms with E-state index >= 15 is 0 Å². The first kappa shape index (κ1) is 17.1. The molecule has 0 radical (unpaired) electrons. The van der Waals surface area contributed by atoms with Gasteiger partial charge in [0.2, 0.25) is 0 Å². The molecule has 1 fully saturated rings. The first-order valence-corrected chi connectivity index (χ1v) is 8.51. The van der Waals surface area contributed by atoms with Gasteiger partial charge in [0.1, 0.15) is 11.8 Å². The van der Waals surface area contributed by atoms with Crippen LogP contribution < -0.4 is 5.32 Å². The summed E-state index contributed by atoms with van der Waals surface area (Å²) in [5, 5.41) is 11.9. The Bertz CT molecular complexity index is 757. The van der Waals surface area contributed by atoms with Crippen molar-refractivity contribution in [2.45, 2.75) is 18.3 Å². The highest BCUT2D eigenvalue weighted by Gasteiger charge is 2.35. The quantitative estimate of drug-likeness (QED) is 0.932. The molecule has 2 heterocycles. The Balaban J connectivity index is 1.74. The summed E-state index contributed by atoms with van der Waals surface area (Å²) >= 11 is 0. The molecule has 5 nitrogen and oxygen atoms in total. The molecule has 25 heavy (non-hydrogen) atoms. The Hall–Kier alpha value is -2.71. The van der Waals surface area contributed by atoms with E-state index in [0.717, 1.165) is 25.9 Å². The van der Waals surface area contributed by atoms with Crippen molar-refractivity contribution in [1.82, 2.24) is 15.2 Å². The van der Waals surface area contributed by atoms with Gasteiger partial charge in [-0.3, -0.25) is 4.79 Å². The smallest absolute Gasteiger partial charge is 0.252 e. The normalized spacial score (nSPS) is 16.8. The number of benzene rings is 1. The molecule has 0 atom stereocenters. The van der Waals surface area contributed by atoms with E-state index in [1.807, 2.05) is 12.1 Å². The van der Waals surface area contributed by atoms with Crippen LogP contribution in [0.5, 0.6) is 0 Å². The predicted molar refractivity (Wildman–Crippen MR) is 96.1 cm³/mol. The number of carbonyl (C=O) groups is 1. The molecular weight excluding hydrogens is 312 g/mol. The summed E-state index contributed by atoms with van der Waals surface area (Å²) in [6.45, 7) is 2.63. The largest absolute Gasteiger partial charge is 0.351 e. The number of likely N-dealkylation sites (tertiary alicyclic amines) is 1. The zero-order chi connectivity index (χ0) is 17.7. The third-order valence-corrected chi connectivity index (χ3v) is 5.06. The van der Waals surface area contributed by atoms with E-state index in [-0.39, 0.29) is 11.3 Å². The number of nitrogens with zero attached hydrogens (tertiary/aromatic N) is 3. The minimum Gasteiger partial charge on any atom is -0.351 e. The third kappa shape index (κ3) is 3.86. The Kier molecular flexibility index (Phi) is 5.11. The van der Waals surface area contributed by atoms with Gasteiger partial charge in [-0.25, -0.2) is 4.98 Å². The van der Waals surface area contributed by atoms with Crippen LogP contribution in [0.4, 0.5) is 0 Å². The van der Waals surface area contributed by atoms with Crippen molar-refractivity contribution in [3.8, 4) is 6.07 Å². The average Bonchev–Trinajstić information content (AvgIpc) is 2.68. The summed E-state index contributed by atoms with van der Waals surface area (Å²) < 4.78 is 0. The van der Waals surface area contributed by atoms with E-state index in [1.54, 1.807) is 12.1 Å². The van der Waals surface area contributed by atoms with Crippen LogP contribution in [0.25, 0.3) is 0 Å². The average molecular weight is 334 g/mol. The second kappa shape index (κ2) is 7.45. The van der Waals surface area contributed by atoms with E-state index in [0.29, 0.717) is 17.8 Å². The number of rotatable bonds is 4. The number of hydrogen-bond acceptors (Lipinski definition) is 4. The number of pyridine rings is 1. The highest BCUT2D eigenvalue weighted by Crippen LogP contribution is 2.34. The third-order valence-electron chi connectivity index (χ3n) is 5.06. The number of aromatic nitrogens is 1. The molecular formula is C20H22N4O.